The number of hydrogen-bond donors (Lipinski definition) is 4. The number of aliphatic hydroxyl groups is 1. The number of likely N-dealkylation sites (N-methyl/N-ethyl adjacent to an activating group) is 1. The zero-order chi connectivity index (χ0) is 29.1. The van der Waals surface area contributed by atoms with Gasteiger partial charge >= 0.3 is 5.97 Å². The van der Waals surface area contributed by atoms with Crippen LogP contribution in [0.2, 0.25) is 0 Å². The molecule has 0 bridgehead atoms. The lowest BCUT2D eigenvalue weighted by Gasteiger charge is -2.29. The van der Waals surface area contributed by atoms with Gasteiger partial charge in [-0.25, -0.2) is 13.2 Å². The fourth-order valence-electron chi connectivity index (χ4n) is 4.72. The molecule has 5 N–H and O–H groups in total. The minimum Gasteiger partial charge on any atom is -0.478 e. The van der Waals surface area contributed by atoms with Crippen LogP contribution in [0.15, 0.2) is 89.8 Å². The predicted molar refractivity (Wildman–Crippen MR) is 159 cm³/mol. The Morgan fingerprint density at radius 2 is 1.65 bits per heavy atom. The summed E-state index contributed by atoms with van der Waals surface area (Å²) in [6, 6.07) is 25.2. The Hall–Kier alpha value is -3.76. The van der Waals surface area contributed by atoms with Crippen molar-refractivity contribution in [2.24, 2.45) is 0 Å². The molecule has 0 fully saturated rings. The lowest BCUT2D eigenvalue weighted by atomic mass is 9.93. The fraction of sp³-hybridized carbons (Fsp3) is 0.258. The second-order valence-electron chi connectivity index (χ2n) is 10.7. The number of nitrogens with zero attached hydrogens (tertiary/aromatic N) is 1. The summed E-state index contributed by atoms with van der Waals surface area (Å²) in [4.78, 5) is 11.2. The maximum atomic E-state index is 13.2. The Bertz CT molecular complexity index is 1620. The number of fused-ring (bicyclic) bond motifs is 1. The zero-order valence-corrected chi connectivity index (χ0v) is 23.7. The number of carboxylic acid groups (broad SMARTS) is 1. The highest BCUT2D eigenvalue weighted by molar-refractivity contribution is 7.89. The van der Waals surface area contributed by atoms with Crippen LogP contribution >= 0.6 is 0 Å². The van der Waals surface area contributed by atoms with Gasteiger partial charge in [-0.1, -0.05) is 60.7 Å². The number of carboxylic acids is 1. The van der Waals surface area contributed by atoms with Crippen LogP contribution in [0.1, 0.15) is 29.8 Å². The summed E-state index contributed by atoms with van der Waals surface area (Å²) in [5.41, 5.74) is 8.50. The van der Waals surface area contributed by atoms with Crippen molar-refractivity contribution in [3.8, 4) is 11.1 Å². The third-order valence-electron chi connectivity index (χ3n) is 6.92. The van der Waals surface area contributed by atoms with Crippen molar-refractivity contribution in [2.75, 3.05) is 25.9 Å². The standard InChI is InChI=1S/C31H35N3O5S/c1-31(2,18-21-8-9-22-6-4-5-7-24(22)16-21)33-19-26(35)20-34(3)40(38,39)27-13-10-23(11-14-27)28-15-12-25(30(36)37)17-29(28)32/h4-17,26,33,35H,18-20,32H2,1-3H3,(H,36,37)/t26-/m1/s1. The predicted octanol–water partition coefficient (Wildman–Crippen LogP) is 4.38. The van der Waals surface area contributed by atoms with Crippen molar-refractivity contribution >= 4 is 32.5 Å². The molecule has 0 aliphatic carbocycles. The largest absolute Gasteiger partial charge is 0.478 e. The first-order valence-electron chi connectivity index (χ1n) is 13.0. The van der Waals surface area contributed by atoms with Gasteiger partial charge in [0.25, 0.3) is 0 Å². The van der Waals surface area contributed by atoms with Crippen LogP contribution in [-0.4, -0.2) is 60.7 Å². The molecule has 210 valence electrons. The van der Waals surface area contributed by atoms with Crippen LogP contribution in [-0.2, 0) is 16.4 Å². The van der Waals surface area contributed by atoms with Gasteiger partial charge in [0.05, 0.1) is 16.6 Å². The molecule has 0 unspecified atom stereocenters. The molecular formula is C31H35N3O5S. The smallest absolute Gasteiger partial charge is 0.335 e. The van der Waals surface area contributed by atoms with Crippen molar-refractivity contribution in [3.63, 3.8) is 0 Å². The van der Waals surface area contributed by atoms with Gasteiger partial charge < -0.3 is 21.3 Å². The quantitative estimate of drug-likeness (QED) is 0.200. The lowest BCUT2D eigenvalue weighted by molar-refractivity contribution is 0.0697. The van der Waals surface area contributed by atoms with Gasteiger partial charge in [0.15, 0.2) is 0 Å². The number of sulfonamides is 1. The van der Waals surface area contributed by atoms with E-state index in [0.29, 0.717) is 11.1 Å². The summed E-state index contributed by atoms with van der Waals surface area (Å²) >= 11 is 0. The molecular weight excluding hydrogens is 526 g/mol. The molecule has 8 nitrogen and oxygen atoms in total. The average molecular weight is 562 g/mol. The molecule has 4 aromatic rings. The number of hydrogen-bond acceptors (Lipinski definition) is 6. The highest BCUT2D eigenvalue weighted by Crippen LogP contribution is 2.28. The second-order valence-corrected chi connectivity index (χ2v) is 12.7. The first-order valence-corrected chi connectivity index (χ1v) is 14.4. The third kappa shape index (κ3) is 6.86. The van der Waals surface area contributed by atoms with Crippen LogP contribution in [0.3, 0.4) is 0 Å². The highest BCUT2D eigenvalue weighted by Gasteiger charge is 2.25. The Kier molecular flexibility index (Phi) is 8.60. The van der Waals surface area contributed by atoms with Gasteiger partial charge in [0.1, 0.15) is 0 Å². The molecule has 0 spiro atoms. The lowest BCUT2D eigenvalue weighted by Crippen LogP contribution is -2.47. The monoisotopic (exact) mass is 561 g/mol. The van der Waals surface area contributed by atoms with Gasteiger partial charge in [-0.3, -0.25) is 0 Å². The zero-order valence-electron chi connectivity index (χ0n) is 22.8. The number of β-amino-alcohol motifs (C(OH)–C–C–N with tert-alkyl or cyclic N) is 1. The number of carbonyl (C=O) groups is 1. The molecule has 0 aliphatic heterocycles. The van der Waals surface area contributed by atoms with E-state index < -0.39 is 22.1 Å². The van der Waals surface area contributed by atoms with Crippen molar-refractivity contribution in [3.05, 3.63) is 96.1 Å². The molecule has 0 aromatic heterocycles. The van der Waals surface area contributed by atoms with Gasteiger partial charge in [-0.05, 0) is 66.4 Å². The molecule has 0 saturated carbocycles. The molecule has 0 radical (unpaired) electrons. The van der Waals surface area contributed by atoms with Gasteiger partial charge in [-0.2, -0.15) is 4.31 Å². The number of benzene rings is 4. The minimum absolute atomic E-state index is 0.0761. The molecule has 0 aliphatic rings. The van der Waals surface area contributed by atoms with Gasteiger partial charge in [0.2, 0.25) is 10.0 Å². The number of nitrogens with one attached hydrogen (secondary N) is 1. The van der Waals surface area contributed by atoms with E-state index in [1.54, 1.807) is 18.2 Å². The van der Waals surface area contributed by atoms with E-state index >= 15 is 0 Å². The van der Waals surface area contributed by atoms with E-state index in [0.717, 1.165) is 10.7 Å². The molecule has 0 heterocycles. The van der Waals surface area contributed by atoms with E-state index in [1.807, 2.05) is 12.1 Å². The van der Waals surface area contributed by atoms with E-state index in [9.17, 15) is 18.3 Å². The fourth-order valence-corrected chi connectivity index (χ4v) is 5.93. The summed E-state index contributed by atoms with van der Waals surface area (Å²) in [6.45, 7) is 4.26. The van der Waals surface area contributed by atoms with Crippen LogP contribution in [0.4, 0.5) is 5.69 Å². The second kappa shape index (κ2) is 11.8. The van der Waals surface area contributed by atoms with Gasteiger partial charge in [0, 0.05) is 36.9 Å². The topological polar surface area (TPSA) is 133 Å². The van der Waals surface area contributed by atoms with Gasteiger partial charge in [-0.15, -0.1) is 0 Å². The molecule has 0 amide bonds. The van der Waals surface area contributed by atoms with Crippen molar-refractivity contribution in [2.45, 2.75) is 36.8 Å². The summed E-state index contributed by atoms with van der Waals surface area (Å²) in [5.74, 6) is -1.08. The minimum atomic E-state index is -3.85. The SMILES string of the molecule is CN(C[C@H](O)CNC(C)(C)Cc1ccc2ccccc2c1)S(=O)(=O)c1ccc(-c2ccc(C(=O)O)cc2N)cc1. The Labute approximate surface area is 235 Å². The summed E-state index contributed by atoms with van der Waals surface area (Å²) in [7, 11) is -2.41. The molecule has 4 aromatic carbocycles. The normalized spacial score (nSPS) is 13.0. The van der Waals surface area contributed by atoms with Crippen molar-refractivity contribution in [1.29, 1.82) is 0 Å². The Morgan fingerprint density at radius 1 is 0.975 bits per heavy atom. The Balaban J connectivity index is 1.35. The van der Waals surface area contributed by atoms with Crippen LogP contribution in [0, 0.1) is 0 Å². The molecule has 9 heteroatoms. The highest BCUT2D eigenvalue weighted by atomic mass is 32.2. The number of nitrogen functional groups attached to an aromatic ring is 1. The number of rotatable bonds is 11. The van der Waals surface area contributed by atoms with E-state index in [1.165, 1.54) is 47.6 Å². The van der Waals surface area contributed by atoms with Crippen molar-refractivity contribution in [1.82, 2.24) is 9.62 Å². The number of aromatic carboxylic acids is 1. The van der Waals surface area contributed by atoms with Crippen molar-refractivity contribution < 1.29 is 23.4 Å². The summed E-state index contributed by atoms with van der Waals surface area (Å²) in [6.07, 6.45) is -0.170. The van der Waals surface area contributed by atoms with E-state index in [4.69, 9.17) is 10.8 Å². The first kappa shape index (κ1) is 29.2. The van der Waals surface area contributed by atoms with E-state index in [-0.39, 0.29) is 34.8 Å². The van der Waals surface area contributed by atoms with Crippen LogP contribution < -0.4 is 11.1 Å². The number of nitrogens with two attached hydrogens (primary N) is 1. The maximum Gasteiger partial charge on any atom is 0.335 e. The van der Waals surface area contributed by atoms with Crippen LogP contribution in [0.25, 0.3) is 21.9 Å². The number of anilines is 1. The molecule has 4 rings (SSSR count). The third-order valence-corrected chi connectivity index (χ3v) is 8.75. The first-order chi connectivity index (χ1) is 18.9. The summed E-state index contributed by atoms with van der Waals surface area (Å²) < 4.78 is 27.5. The summed E-state index contributed by atoms with van der Waals surface area (Å²) in [5, 5.41) is 25.5. The van der Waals surface area contributed by atoms with Crippen LogP contribution in [0.5, 0.6) is 0 Å². The average Bonchev–Trinajstić information content (AvgIpc) is 2.91. The van der Waals surface area contributed by atoms with E-state index in [2.05, 4.69) is 49.5 Å². The molecule has 1 atom stereocenters. The Morgan fingerprint density at radius 3 is 2.30 bits per heavy atom. The number of aliphatic hydroxyl groups excluding tert-OH is 1. The molecule has 0 saturated heterocycles. The maximum absolute atomic E-state index is 13.2. The molecule has 40 heavy (non-hydrogen) atoms.